The predicted octanol–water partition coefficient (Wildman–Crippen LogP) is 3.88. The quantitative estimate of drug-likeness (QED) is 0.572. The molecule has 0 aliphatic carbocycles. The smallest absolute Gasteiger partial charge is 0.244 e. The minimum atomic E-state index is -3.83. The zero-order chi connectivity index (χ0) is 24.2. The van der Waals surface area contributed by atoms with Gasteiger partial charge in [0, 0.05) is 34.2 Å². The van der Waals surface area contributed by atoms with E-state index in [9.17, 15) is 18.0 Å². The van der Waals surface area contributed by atoms with Crippen LogP contribution < -0.4 is 9.62 Å². The Labute approximate surface area is 203 Å². The van der Waals surface area contributed by atoms with Gasteiger partial charge in [-0.3, -0.25) is 13.9 Å². The number of hydrogen-bond acceptors (Lipinski definition) is 4. The van der Waals surface area contributed by atoms with Crippen molar-refractivity contribution in [1.82, 2.24) is 10.2 Å². The molecule has 0 aromatic heterocycles. The average Bonchev–Trinajstić information content (AvgIpc) is 2.70. The highest BCUT2D eigenvalue weighted by Crippen LogP contribution is 2.28. The minimum Gasteiger partial charge on any atom is -0.357 e. The summed E-state index contributed by atoms with van der Waals surface area (Å²) in [5, 5.41) is 3.59. The first-order valence-electron chi connectivity index (χ1n) is 9.54. The zero-order valence-corrected chi connectivity index (χ0v) is 21.1. The molecule has 0 radical (unpaired) electrons. The Morgan fingerprint density at radius 1 is 1.09 bits per heavy atom. The van der Waals surface area contributed by atoms with Crippen molar-refractivity contribution in [3.05, 3.63) is 62.6 Å². The van der Waals surface area contributed by atoms with Crippen molar-refractivity contribution in [3.63, 3.8) is 0 Å². The highest BCUT2D eigenvalue weighted by molar-refractivity contribution is 7.92. The van der Waals surface area contributed by atoms with Crippen molar-refractivity contribution in [2.45, 2.75) is 26.4 Å². The molecule has 0 aliphatic heterocycles. The molecule has 7 nitrogen and oxygen atoms in total. The maximum absolute atomic E-state index is 13.4. The molecule has 2 aromatic rings. The molecular formula is C21H24Cl3N3O4S. The normalized spacial score (nSPS) is 12.2. The van der Waals surface area contributed by atoms with Gasteiger partial charge in [0.15, 0.2) is 0 Å². The lowest BCUT2D eigenvalue weighted by Gasteiger charge is -2.32. The van der Waals surface area contributed by atoms with Gasteiger partial charge in [0.1, 0.15) is 12.6 Å². The molecule has 1 unspecified atom stereocenters. The maximum Gasteiger partial charge on any atom is 0.244 e. The van der Waals surface area contributed by atoms with E-state index in [1.807, 2.05) is 0 Å². The van der Waals surface area contributed by atoms with Gasteiger partial charge in [-0.15, -0.1) is 0 Å². The molecular weight excluding hydrogens is 497 g/mol. The third-order valence-corrected chi connectivity index (χ3v) is 6.98. The van der Waals surface area contributed by atoms with Crippen LogP contribution in [0, 0.1) is 6.92 Å². The number of carbonyl (C=O) groups is 2. The fourth-order valence-corrected chi connectivity index (χ4v) is 4.79. The van der Waals surface area contributed by atoms with Gasteiger partial charge in [-0.2, -0.15) is 0 Å². The van der Waals surface area contributed by atoms with E-state index in [2.05, 4.69) is 5.32 Å². The molecule has 0 aliphatic rings. The van der Waals surface area contributed by atoms with Crippen LogP contribution in [0.1, 0.15) is 18.1 Å². The lowest BCUT2D eigenvalue weighted by atomic mass is 10.1. The van der Waals surface area contributed by atoms with Crippen LogP contribution in [0.2, 0.25) is 15.1 Å². The SMILES string of the molecule is CNC(=O)C(C)N(Cc1c(Cl)cccc1Cl)C(=O)CN(c1ccc(Cl)cc1C)S(C)(=O)=O. The second-order valence-electron chi connectivity index (χ2n) is 7.21. The molecule has 174 valence electrons. The third kappa shape index (κ3) is 6.28. The molecule has 1 N–H and O–H groups in total. The standard InChI is InChI=1S/C21H24Cl3N3O4S/c1-13-10-15(22)8-9-19(13)27(32(4,30)31)12-20(28)26(14(2)21(29)25-3)11-16-17(23)6-5-7-18(16)24/h5-10,14H,11-12H2,1-4H3,(H,25,29). The molecule has 0 fully saturated rings. The monoisotopic (exact) mass is 519 g/mol. The Morgan fingerprint density at radius 2 is 1.69 bits per heavy atom. The van der Waals surface area contributed by atoms with Gasteiger partial charge < -0.3 is 10.2 Å². The maximum atomic E-state index is 13.4. The lowest BCUT2D eigenvalue weighted by molar-refractivity contribution is -0.139. The van der Waals surface area contributed by atoms with Gasteiger partial charge in [-0.05, 0) is 49.7 Å². The van der Waals surface area contributed by atoms with E-state index >= 15 is 0 Å². The first kappa shape index (κ1) is 26.3. The molecule has 0 heterocycles. The minimum absolute atomic E-state index is 0.0802. The highest BCUT2D eigenvalue weighted by Gasteiger charge is 2.31. The van der Waals surface area contributed by atoms with Crippen molar-refractivity contribution in [2.75, 3.05) is 24.2 Å². The van der Waals surface area contributed by atoms with Gasteiger partial charge in [-0.25, -0.2) is 8.42 Å². The van der Waals surface area contributed by atoms with Crippen molar-refractivity contribution in [1.29, 1.82) is 0 Å². The van der Waals surface area contributed by atoms with E-state index in [1.165, 1.54) is 18.0 Å². The molecule has 2 aromatic carbocycles. The Bertz CT molecular complexity index is 1110. The Kier molecular flexibility index (Phi) is 8.82. The van der Waals surface area contributed by atoms with Gasteiger partial charge in [0.05, 0.1) is 11.9 Å². The van der Waals surface area contributed by atoms with Crippen molar-refractivity contribution in [2.24, 2.45) is 0 Å². The number of nitrogens with one attached hydrogen (secondary N) is 1. The van der Waals surface area contributed by atoms with Crippen LogP contribution in [0.3, 0.4) is 0 Å². The van der Waals surface area contributed by atoms with Gasteiger partial charge >= 0.3 is 0 Å². The van der Waals surface area contributed by atoms with Crippen LogP contribution in [0.25, 0.3) is 0 Å². The van der Waals surface area contributed by atoms with Gasteiger partial charge in [-0.1, -0.05) is 40.9 Å². The Morgan fingerprint density at radius 3 is 2.19 bits per heavy atom. The Balaban J connectivity index is 2.47. The summed E-state index contributed by atoms with van der Waals surface area (Å²) < 4.78 is 26.1. The number of likely N-dealkylation sites (N-methyl/N-ethyl adjacent to an activating group) is 1. The number of anilines is 1. The van der Waals surface area contributed by atoms with Crippen LogP contribution in [0.15, 0.2) is 36.4 Å². The Hall–Kier alpha value is -2.00. The number of amides is 2. The molecule has 0 bridgehead atoms. The van der Waals surface area contributed by atoms with Crippen molar-refractivity contribution >= 4 is 62.3 Å². The van der Waals surface area contributed by atoms with Gasteiger partial charge in [0.2, 0.25) is 21.8 Å². The number of nitrogens with zero attached hydrogens (tertiary/aromatic N) is 2. The van der Waals surface area contributed by atoms with E-state index in [0.717, 1.165) is 10.6 Å². The molecule has 2 rings (SSSR count). The molecule has 1 atom stereocenters. The summed E-state index contributed by atoms with van der Waals surface area (Å²) in [6.45, 7) is 2.63. The van der Waals surface area contributed by atoms with Crippen LogP contribution in [-0.2, 0) is 26.2 Å². The largest absolute Gasteiger partial charge is 0.357 e. The van der Waals surface area contributed by atoms with Crippen molar-refractivity contribution < 1.29 is 18.0 Å². The summed E-state index contributed by atoms with van der Waals surface area (Å²) in [6.07, 6.45) is 1.01. The molecule has 32 heavy (non-hydrogen) atoms. The van der Waals surface area contributed by atoms with E-state index in [0.29, 0.717) is 31.9 Å². The van der Waals surface area contributed by atoms with E-state index in [1.54, 1.807) is 44.2 Å². The summed E-state index contributed by atoms with van der Waals surface area (Å²) in [7, 11) is -2.38. The first-order valence-corrected chi connectivity index (χ1v) is 12.5. The number of hydrogen-bond donors (Lipinski definition) is 1. The molecule has 0 saturated heterocycles. The number of rotatable bonds is 8. The van der Waals surface area contributed by atoms with E-state index in [-0.39, 0.29) is 6.54 Å². The van der Waals surface area contributed by atoms with Crippen LogP contribution in [0.5, 0.6) is 0 Å². The summed E-state index contributed by atoms with van der Waals surface area (Å²) in [6, 6.07) is 8.68. The predicted molar refractivity (Wildman–Crippen MR) is 129 cm³/mol. The number of aryl methyl sites for hydroxylation is 1. The molecule has 11 heteroatoms. The summed E-state index contributed by atoms with van der Waals surface area (Å²) in [4.78, 5) is 27.0. The average molecular weight is 521 g/mol. The van der Waals surface area contributed by atoms with Crippen LogP contribution in [-0.4, -0.2) is 51.0 Å². The lowest BCUT2D eigenvalue weighted by Crippen LogP contribution is -2.50. The molecule has 0 spiro atoms. The van der Waals surface area contributed by atoms with E-state index < -0.39 is 34.4 Å². The zero-order valence-electron chi connectivity index (χ0n) is 18.0. The number of carbonyl (C=O) groups excluding carboxylic acids is 2. The summed E-state index contributed by atoms with van der Waals surface area (Å²) in [5.41, 5.74) is 1.35. The second kappa shape index (κ2) is 10.7. The number of benzene rings is 2. The second-order valence-corrected chi connectivity index (χ2v) is 10.4. The third-order valence-electron chi connectivity index (χ3n) is 4.91. The summed E-state index contributed by atoms with van der Waals surface area (Å²) >= 11 is 18.5. The van der Waals surface area contributed by atoms with E-state index in [4.69, 9.17) is 34.8 Å². The topological polar surface area (TPSA) is 86.8 Å². The van der Waals surface area contributed by atoms with Crippen LogP contribution in [0.4, 0.5) is 5.69 Å². The number of sulfonamides is 1. The fraction of sp³-hybridized carbons (Fsp3) is 0.333. The van der Waals surface area contributed by atoms with Crippen molar-refractivity contribution in [3.8, 4) is 0 Å². The number of halogens is 3. The van der Waals surface area contributed by atoms with Crippen LogP contribution >= 0.6 is 34.8 Å². The highest BCUT2D eigenvalue weighted by atomic mass is 35.5. The van der Waals surface area contributed by atoms with Gasteiger partial charge in [0.25, 0.3) is 0 Å². The summed E-state index contributed by atoms with van der Waals surface area (Å²) in [5.74, 6) is -1.02. The first-order chi connectivity index (χ1) is 14.9. The molecule has 2 amide bonds. The fourth-order valence-electron chi connectivity index (χ4n) is 3.14. The molecule has 0 saturated carbocycles.